The van der Waals surface area contributed by atoms with Crippen LogP contribution in [-0.2, 0) is 9.59 Å². The lowest BCUT2D eigenvalue weighted by Crippen LogP contribution is -2.34. The molecule has 1 fully saturated rings. The molecule has 29 heavy (non-hydrogen) atoms. The van der Waals surface area contributed by atoms with Gasteiger partial charge in [-0.05, 0) is 50.5 Å². The van der Waals surface area contributed by atoms with Crippen LogP contribution in [0.2, 0.25) is 0 Å². The predicted molar refractivity (Wildman–Crippen MR) is 121 cm³/mol. The van der Waals surface area contributed by atoms with Gasteiger partial charge in [-0.1, -0.05) is 54.6 Å². The smallest absolute Gasteiger partial charge is 0.242 e. The van der Waals surface area contributed by atoms with E-state index < -0.39 is 5.25 Å². The maximum absolute atomic E-state index is 12.9. The predicted octanol–water partition coefficient (Wildman–Crippen LogP) is 4.98. The monoisotopic (exact) mass is 409 g/mol. The van der Waals surface area contributed by atoms with Crippen molar-refractivity contribution in [3.63, 3.8) is 0 Å². The molecule has 0 radical (unpaired) electrons. The van der Waals surface area contributed by atoms with E-state index in [0.29, 0.717) is 11.7 Å². The highest BCUT2D eigenvalue weighted by atomic mass is 32.2. The van der Waals surface area contributed by atoms with Gasteiger partial charge in [-0.2, -0.15) is 0 Å². The van der Waals surface area contributed by atoms with Crippen LogP contribution in [0.5, 0.6) is 0 Å². The van der Waals surface area contributed by atoms with Gasteiger partial charge in [-0.3, -0.25) is 14.5 Å². The number of para-hydroxylation sites is 1. The largest absolute Gasteiger partial charge is 0.326 e. The molecule has 1 aliphatic heterocycles. The number of aliphatic imine (C=N–C) groups is 1. The van der Waals surface area contributed by atoms with E-state index >= 15 is 0 Å². The number of benzene rings is 2. The third kappa shape index (κ3) is 5.07. The number of hydrogen-bond donors (Lipinski definition) is 1. The van der Waals surface area contributed by atoms with E-state index in [1.54, 1.807) is 4.90 Å². The number of amidine groups is 1. The number of anilines is 1. The summed E-state index contributed by atoms with van der Waals surface area (Å²) in [6.07, 6.45) is 0.963. The topological polar surface area (TPSA) is 61.8 Å². The molecule has 6 heteroatoms. The molecule has 1 atom stereocenters. The number of carbonyl (C=O) groups excluding carboxylic acids is 2. The van der Waals surface area contributed by atoms with Crippen molar-refractivity contribution in [3.8, 4) is 0 Å². The summed E-state index contributed by atoms with van der Waals surface area (Å²) in [5, 5.41) is 3.15. The molecule has 0 saturated carbocycles. The van der Waals surface area contributed by atoms with Gasteiger partial charge >= 0.3 is 0 Å². The molecule has 0 aliphatic carbocycles. The zero-order valence-electron chi connectivity index (χ0n) is 17.4. The third-order valence-corrected chi connectivity index (χ3v) is 6.00. The summed E-state index contributed by atoms with van der Waals surface area (Å²) in [6.45, 7) is 8.65. The van der Waals surface area contributed by atoms with Crippen LogP contribution in [0.4, 0.5) is 11.4 Å². The minimum absolute atomic E-state index is 0.0414. The first-order valence-electron chi connectivity index (χ1n) is 9.88. The van der Waals surface area contributed by atoms with Crippen molar-refractivity contribution < 1.29 is 9.59 Å². The van der Waals surface area contributed by atoms with Crippen LogP contribution in [0, 0.1) is 20.8 Å². The summed E-state index contributed by atoms with van der Waals surface area (Å²) >= 11 is 1.38. The fourth-order valence-electron chi connectivity index (χ4n) is 3.27. The number of carbonyl (C=O) groups is 2. The van der Waals surface area contributed by atoms with Gasteiger partial charge in [-0.25, -0.2) is 4.99 Å². The second-order valence-corrected chi connectivity index (χ2v) is 8.52. The number of rotatable bonds is 6. The molecule has 2 aromatic rings. The Kier molecular flexibility index (Phi) is 6.75. The number of hydrogen-bond acceptors (Lipinski definition) is 4. The molecule has 1 heterocycles. The molecule has 1 aliphatic rings. The van der Waals surface area contributed by atoms with Gasteiger partial charge in [0.15, 0.2) is 5.17 Å². The summed E-state index contributed by atoms with van der Waals surface area (Å²) in [5.74, 6) is -0.199. The first-order chi connectivity index (χ1) is 13.9. The maximum Gasteiger partial charge on any atom is 0.242 e. The molecule has 3 rings (SSSR count). The Morgan fingerprint density at radius 2 is 1.90 bits per heavy atom. The van der Waals surface area contributed by atoms with Gasteiger partial charge in [0.2, 0.25) is 11.8 Å². The first-order valence-corrected chi connectivity index (χ1v) is 10.8. The minimum atomic E-state index is -0.449. The minimum Gasteiger partial charge on any atom is -0.326 e. The molecule has 2 amide bonds. The highest BCUT2D eigenvalue weighted by Gasteiger charge is 2.38. The molecule has 0 bridgehead atoms. The SMILES string of the molecule is CCCN1C(=O)[C@@H](CC(=O)Nc2ccccc2C)SC1=Nc1ccc(C)cc1C. The zero-order chi connectivity index (χ0) is 21.0. The van der Waals surface area contributed by atoms with Crippen molar-refractivity contribution in [2.75, 3.05) is 11.9 Å². The Morgan fingerprint density at radius 3 is 2.59 bits per heavy atom. The Labute approximate surface area is 176 Å². The van der Waals surface area contributed by atoms with Crippen molar-refractivity contribution in [2.45, 2.75) is 45.8 Å². The second-order valence-electron chi connectivity index (χ2n) is 7.35. The van der Waals surface area contributed by atoms with Gasteiger partial charge in [0.25, 0.3) is 0 Å². The summed E-state index contributed by atoms with van der Waals surface area (Å²) in [6, 6.07) is 13.7. The van der Waals surface area contributed by atoms with Crippen molar-refractivity contribution >= 4 is 40.1 Å². The van der Waals surface area contributed by atoms with Crippen LogP contribution in [0.15, 0.2) is 47.5 Å². The average Bonchev–Trinajstić information content (AvgIpc) is 2.95. The average molecular weight is 410 g/mol. The number of aryl methyl sites for hydroxylation is 3. The highest BCUT2D eigenvalue weighted by molar-refractivity contribution is 8.15. The lowest BCUT2D eigenvalue weighted by atomic mass is 10.1. The Bertz CT molecular complexity index is 955. The molecule has 1 N–H and O–H groups in total. The number of amides is 2. The van der Waals surface area contributed by atoms with E-state index in [4.69, 9.17) is 4.99 Å². The Hall–Kier alpha value is -2.60. The van der Waals surface area contributed by atoms with Crippen molar-refractivity contribution in [3.05, 3.63) is 59.2 Å². The Balaban J connectivity index is 1.77. The third-order valence-electron chi connectivity index (χ3n) is 4.83. The van der Waals surface area contributed by atoms with E-state index in [0.717, 1.165) is 28.9 Å². The lowest BCUT2D eigenvalue weighted by Gasteiger charge is -2.15. The van der Waals surface area contributed by atoms with Gasteiger partial charge in [-0.15, -0.1) is 0 Å². The summed E-state index contributed by atoms with van der Waals surface area (Å²) < 4.78 is 0. The molecule has 0 spiro atoms. The molecule has 5 nitrogen and oxygen atoms in total. The van der Waals surface area contributed by atoms with Crippen LogP contribution in [0.1, 0.15) is 36.5 Å². The van der Waals surface area contributed by atoms with E-state index in [-0.39, 0.29) is 18.2 Å². The van der Waals surface area contributed by atoms with Crippen molar-refractivity contribution in [2.24, 2.45) is 4.99 Å². The van der Waals surface area contributed by atoms with Crippen molar-refractivity contribution in [1.82, 2.24) is 4.90 Å². The van der Waals surface area contributed by atoms with Crippen LogP contribution in [0.3, 0.4) is 0 Å². The van der Waals surface area contributed by atoms with Gasteiger partial charge in [0.1, 0.15) is 5.25 Å². The van der Waals surface area contributed by atoms with Crippen LogP contribution >= 0.6 is 11.8 Å². The fraction of sp³-hybridized carbons (Fsp3) is 0.348. The van der Waals surface area contributed by atoms with Crippen LogP contribution in [-0.4, -0.2) is 33.7 Å². The van der Waals surface area contributed by atoms with E-state index in [1.807, 2.05) is 64.1 Å². The number of thioether (sulfide) groups is 1. The molecule has 0 aromatic heterocycles. The zero-order valence-corrected chi connectivity index (χ0v) is 18.2. The van der Waals surface area contributed by atoms with Gasteiger partial charge in [0.05, 0.1) is 5.69 Å². The van der Waals surface area contributed by atoms with E-state index in [2.05, 4.69) is 11.4 Å². The van der Waals surface area contributed by atoms with Crippen LogP contribution < -0.4 is 5.32 Å². The van der Waals surface area contributed by atoms with Gasteiger partial charge in [0, 0.05) is 18.7 Å². The molecular weight excluding hydrogens is 382 g/mol. The van der Waals surface area contributed by atoms with Crippen LogP contribution in [0.25, 0.3) is 0 Å². The summed E-state index contributed by atoms with van der Waals surface area (Å²) in [4.78, 5) is 32.0. The first kappa shape index (κ1) is 21.1. The second kappa shape index (κ2) is 9.27. The quantitative estimate of drug-likeness (QED) is 0.732. The van der Waals surface area contributed by atoms with Gasteiger partial charge < -0.3 is 5.32 Å². The summed E-state index contributed by atoms with van der Waals surface area (Å²) in [7, 11) is 0. The van der Waals surface area contributed by atoms with E-state index in [1.165, 1.54) is 17.3 Å². The number of nitrogens with one attached hydrogen (secondary N) is 1. The molecule has 0 unspecified atom stereocenters. The fourth-order valence-corrected chi connectivity index (χ4v) is 4.45. The molecule has 2 aromatic carbocycles. The number of nitrogens with zero attached hydrogens (tertiary/aromatic N) is 2. The normalized spacial score (nSPS) is 17.8. The molecule has 152 valence electrons. The molecular formula is C23H27N3O2S. The molecule has 1 saturated heterocycles. The lowest BCUT2D eigenvalue weighted by molar-refractivity contribution is -0.128. The van der Waals surface area contributed by atoms with Crippen molar-refractivity contribution in [1.29, 1.82) is 0 Å². The maximum atomic E-state index is 12.9. The highest BCUT2D eigenvalue weighted by Crippen LogP contribution is 2.33. The standard InChI is InChI=1S/C23H27N3O2S/c1-5-12-26-22(28)20(14-21(27)24-18-9-7-6-8-16(18)3)29-23(26)25-19-11-10-15(2)13-17(19)4/h6-11,13,20H,5,12,14H2,1-4H3,(H,24,27)/t20-/m1/s1. The summed E-state index contributed by atoms with van der Waals surface area (Å²) in [5.41, 5.74) is 4.89. The van der Waals surface area contributed by atoms with E-state index in [9.17, 15) is 9.59 Å². The Morgan fingerprint density at radius 1 is 1.14 bits per heavy atom.